The van der Waals surface area contributed by atoms with Crippen LogP contribution in [-0.2, 0) is 4.43 Å². The van der Waals surface area contributed by atoms with E-state index in [1.807, 2.05) is 30.3 Å². The van der Waals surface area contributed by atoms with Gasteiger partial charge in [-0.2, -0.15) is 0 Å². The van der Waals surface area contributed by atoms with Crippen molar-refractivity contribution in [1.82, 2.24) is 0 Å². The monoisotopic (exact) mass is 250 g/mol. The lowest BCUT2D eigenvalue weighted by molar-refractivity contribution is 0.219. The molecule has 1 aromatic carbocycles. The van der Waals surface area contributed by atoms with E-state index >= 15 is 0 Å². The molecule has 94 valence electrons. The summed E-state index contributed by atoms with van der Waals surface area (Å²) >= 11 is 0. The van der Waals surface area contributed by atoms with Gasteiger partial charge < -0.3 is 9.16 Å². The van der Waals surface area contributed by atoms with Gasteiger partial charge >= 0.3 is 0 Å². The second kappa shape index (κ2) is 7.51. The Balaban J connectivity index is 1.51. The molecular weight excluding hydrogens is 228 g/mol. The summed E-state index contributed by atoms with van der Waals surface area (Å²) < 4.78 is 11.4. The lowest BCUT2D eigenvalue weighted by atomic mass is 10.0. The average molecular weight is 250 g/mol. The Kier molecular flexibility index (Phi) is 5.59. The smallest absolute Gasteiger partial charge is 0.164 e. The fraction of sp³-hybridized carbons (Fsp3) is 0.571. The summed E-state index contributed by atoms with van der Waals surface area (Å²) in [6.07, 6.45) is 7.09. The minimum atomic E-state index is -0.315. The Bertz CT molecular complexity index is 296. The third-order valence-electron chi connectivity index (χ3n) is 3.32. The van der Waals surface area contributed by atoms with Gasteiger partial charge in [0.1, 0.15) is 12.4 Å². The van der Waals surface area contributed by atoms with Crippen molar-refractivity contribution in [2.24, 2.45) is 0 Å². The zero-order valence-corrected chi connectivity index (χ0v) is 11.9. The lowest BCUT2D eigenvalue weighted by Gasteiger charge is -2.20. The molecule has 0 amide bonds. The van der Waals surface area contributed by atoms with Crippen molar-refractivity contribution in [3.05, 3.63) is 30.3 Å². The first-order chi connectivity index (χ1) is 8.45. The van der Waals surface area contributed by atoms with Crippen molar-refractivity contribution < 1.29 is 9.16 Å². The fourth-order valence-electron chi connectivity index (χ4n) is 2.34. The second-order valence-electron chi connectivity index (χ2n) is 4.74. The molecule has 0 aliphatic heterocycles. The van der Waals surface area contributed by atoms with Gasteiger partial charge in [-0.05, 0) is 17.7 Å². The predicted octanol–water partition coefficient (Wildman–Crippen LogP) is 2.92. The average Bonchev–Trinajstić information content (AvgIpc) is 2.41. The highest BCUT2D eigenvalue weighted by atomic mass is 28.2. The molecule has 0 radical (unpaired) electrons. The highest BCUT2D eigenvalue weighted by molar-refractivity contribution is 6.29. The number of hydrogen-bond acceptors (Lipinski definition) is 2. The van der Waals surface area contributed by atoms with Crippen LogP contribution in [0.25, 0.3) is 0 Å². The van der Waals surface area contributed by atoms with Gasteiger partial charge in [0.25, 0.3) is 0 Å². The Labute approximate surface area is 106 Å². The summed E-state index contributed by atoms with van der Waals surface area (Å²) in [5.41, 5.74) is 0.931. The second-order valence-corrected chi connectivity index (χ2v) is 6.64. The van der Waals surface area contributed by atoms with Gasteiger partial charge in [-0.3, -0.25) is 0 Å². The highest BCUT2D eigenvalue weighted by Gasteiger charge is 2.13. The first-order valence-electron chi connectivity index (χ1n) is 6.71. The minimum Gasteiger partial charge on any atom is -0.491 e. The molecule has 3 heteroatoms. The summed E-state index contributed by atoms with van der Waals surface area (Å²) in [6, 6.07) is 9.95. The molecular formula is C14H22O2Si. The van der Waals surface area contributed by atoms with Crippen molar-refractivity contribution in [3.63, 3.8) is 0 Å². The van der Waals surface area contributed by atoms with Crippen LogP contribution < -0.4 is 4.74 Å². The van der Waals surface area contributed by atoms with Crippen LogP contribution in [0.3, 0.4) is 0 Å². The van der Waals surface area contributed by atoms with E-state index in [1.54, 1.807) is 0 Å². The van der Waals surface area contributed by atoms with Gasteiger partial charge in [0, 0.05) is 0 Å². The first-order valence-corrected chi connectivity index (χ1v) is 8.10. The molecule has 0 spiro atoms. The van der Waals surface area contributed by atoms with Crippen molar-refractivity contribution >= 4 is 9.76 Å². The number of rotatable bonds is 6. The van der Waals surface area contributed by atoms with E-state index in [4.69, 9.17) is 9.16 Å². The molecule has 1 aromatic rings. The molecule has 0 N–H and O–H groups in total. The molecule has 1 fully saturated rings. The van der Waals surface area contributed by atoms with Crippen LogP contribution in [0.5, 0.6) is 5.75 Å². The van der Waals surface area contributed by atoms with Crippen LogP contribution in [-0.4, -0.2) is 23.0 Å². The van der Waals surface area contributed by atoms with Crippen LogP contribution in [0.15, 0.2) is 30.3 Å². The third kappa shape index (κ3) is 4.92. The molecule has 2 nitrogen and oxygen atoms in total. The van der Waals surface area contributed by atoms with Crippen molar-refractivity contribution in [2.45, 2.75) is 37.6 Å². The first kappa shape index (κ1) is 12.6. The summed E-state index contributed by atoms with van der Waals surface area (Å²) in [6.45, 7) is 1.45. The van der Waals surface area contributed by atoms with E-state index in [0.717, 1.165) is 17.9 Å². The minimum absolute atomic E-state index is 0.315. The summed E-state index contributed by atoms with van der Waals surface area (Å²) in [4.78, 5) is 0. The predicted molar refractivity (Wildman–Crippen MR) is 73.3 cm³/mol. The largest absolute Gasteiger partial charge is 0.491 e. The molecule has 2 rings (SSSR count). The Morgan fingerprint density at radius 2 is 1.76 bits per heavy atom. The number of hydrogen-bond donors (Lipinski definition) is 0. The van der Waals surface area contributed by atoms with Crippen LogP contribution in [0, 0.1) is 0 Å². The summed E-state index contributed by atoms with van der Waals surface area (Å²) in [7, 11) is -0.315. The van der Waals surface area contributed by atoms with Gasteiger partial charge in [0.15, 0.2) is 9.76 Å². The maximum atomic E-state index is 5.81. The van der Waals surface area contributed by atoms with Gasteiger partial charge in [-0.15, -0.1) is 0 Å². The maximum absolute atomic E-state index is 5.81. The topological polar surface area (TPSA) is 18.5 Å². The Hall–Kier alpha value is -0.803. The highest BCUT2D eigenvalue weighted by Crippen LogP contribution is 2.27. The Morgan fingerprint density at radius 1 is 1.00 bits per heavy atom. The molecule has 17 heavy (non-hydrogen) atoms. The zero-order valence-electron chi connectivity index (χ0n) is 10.4. The van der Waals surface area contributed by atoms with Crippen LogP contribution in [0.1, 0.15) is 32.1 Å². The van der Waals surface area contributed by atoms with E-state index in [-0.39, 0.29) is 9.76 Å². The van der Waals surface area contributed by atoms with Crippen LogP contribution >= 0.6 is 0 Å². The number of para-hydroxylation sites is 1. The van der Waals surface area contributed by atoms with E-state index in [1.165, 1.54) is 32.1 Å². The fourth-order valence-corrected chi connectivity index (χ4v) is 3.87. The van der Waals surface area contributed by atoms with E-state index < -0.39 is 0 Å². The normalized spacial score (nSPS) is 17.6. The molecule has 0 aromatic heterocycles. The van der Waals surface area contributed by atoms with Crippen molar-refractivity contribution in [2.75, 3.05) is 13.2 Å². The molecule has 0 saturated heterocycles. The third-order valence-corrected chi connectivity index (χ3v) is 5.13. The van der Waals surface area contributed by atoms with E-state index in [9.17, 15) is 0 Å². The van der Waals surface area contributed by atoms with Gasteiger partial charge in [0.2, 0.25) is 0 Å². The maximum Gasteiger partial charge on any atom is 0.164 e. The molecule has 1 saturated carbocycles. The summed E-state index contributed by atoms with van der Waals surface area (Å²) in [5.74, 6) is 0.940. The molecule has 0 atom stereocenters. The van der Waals surface area contributed by atoms with Crippen molar-refractivity contribution in [3.8, 4) is 5.75 Å². The van der Waals surface area contributed by atoms with Crippen LogP contribution in [0.2, 0.25) is 5.54 Å². The van der Waals surface area contributed by atoms with Gasteiger partial charge in [-0.25, -0.2) is 0 Å². The SMILES string of the molecule is c1ccc(OCCO[SiH2]C2CCCCC2)cc1. The molecule has 0 unspecified atom stereocenters. The number of benzene rings is 1. The quantitative estimate of drug-likeness (QED) is 0.571. The molecule has 0 heterocycles. The van der Waals surface area contributed by atoms with Gasteiger partial charge in [-0.1, -0.05) is 50.3 Å². The molecule has 0 bridgehead atoms. The van der Waals surface area contributed by atoms with E-state index in [2.05, 4.69) is 0 Å². The lowest BCUT2D eigenvalue weighted by Crippen LogP contribution is -2.15. The van der Waals surface area contributed by atoms with Crippen molar-refractivity contribution in [1.29, 1.82) is 0 Å². The number of ether oxygens (including phenoxy) is 1. The molecule has 1 aliphatic carbocycles. The van der Waals surface area contributed by atoms with Crippen LogP contribution in [0.4, 0.5) is 0 Å². The van der Waals surface area contributed by atoms with E-state index in [0.29, 0.717) is 6.61 Å². The Morgan fingerprint density at radius 3 is 2.53 bits per heavy atom. The summed E-state index contributed by atoms with van der Waals surface area (Å²) in [5, 5.41) is 0. The molecule has 1 aliphatic rings. The standard InChI is InChI=1S/C14H22O2Si/c1-3-7-13(8-4-1)15-11-12-16-17-14-9-5-2-6-10-14/h1,3-4,7-8,14H,2,5-6,9-12,17H2. The zero-order chi connectivity index (χ0) is 11.8. The van der Waals surface area contributed by atoms with Gasteiger partial charge in [0.05, 0.1) is 6.61 Å².